The van der Waals surface area contributed by atoms with Crippen molar-refractivity contribution in [2.75, 3.05) is 36.6 Å². The molecule has 0 saturated heterocycles. The second kappa shape index (κ2) is 7.71. The van der Waals surface area contributed by atoms with Crippen LogP contribution in [0.1, 0.15) is 6.42 Å². The van der Waals surface area contributed by atoms with Gasteiger partial charge in [-0.2, -0.15) is 0 Å². The molecule has 7 nitrogen and oxygen atoms in total. The third-order valence-electron chi connectivity index (χ3n) is 2.23. The molecular formula is C12H19N3O4S. The minimum absolute atomic E-state index is 0.349. The summed E-state index contributed by atoms with van der Waals surface area (Å²) in [5, 5.41) is 5.28. The topological polar surface area (TPSA) is 96.5 Å². The number of carbonyl (C=O) groups excluding carboxylic acids is 1. The number of rotatable bonds is 7. The van der Waals surface area contributed by atoms with E-state index >= 15 is 0 Å². The number of hydrogen-bond acceptors (Lipinski definition) is 4. The van der Waals surface area contributed by atoms with Crippen molar-refractivity contribution in [3.8, 4) is 0 Å². The first-order chi connectivity index (χ1) is 9.40. The molecule has 3 N–H and O–H groups in total. The lowest BCUT2D eigenvalue weighted by molar-refractivity contribution is 0.194. The van der Waals surface area contributed by atoms with Crippen LogP contribution in [0.15, 0.2) is 24.3 Å². The Balaban J connectivity index is 2.51. The molecule has 2 amide bonds. The second-order valence-corrected chi connectivity index (χ2v) is 5.93. The number of hydrogen-bond donors (Lipinski definition) is 3. The van der Waals surface area contributed by atoms with Crippen LogP contribution in [-0.2, 0) is 14.8 Å². The summed E-state index contributed by atoms with van der Waals surface area (Å²) < 4.78 is 29.4. The first kappa shape index (κ1) is 16.3. The molecule has 0 atom stereocenters. The monoisotopic (exact) mass is 301 g/mol. The van der Waals surface area contributed by atoms with Gasteiger partial charge in [0.1, 0.15) is 0 Å². The van der Waals surface area contributed by atoms with Gasteiger partial charge in [-0.15, -0.1) is 0 Å². The Bertz CT molecular complexity index is 545. The molecule has 0 spiro atoms. The summed E-state index contributed by atoms with van der Waals surface area (Å²) in [6, 6.07) is 6.10. The van der Waals surface area contributed by atoms with Crippen LogP contribution >= 0.6 is 0 Å². The van der Waals surface area contributed by atoms with E-state index < -0.39 is 10.0 Å². The third kappa shape index (κ3) is 6.95. The van der Waals surface area contributed by atoms with Crippen molar-refractivity contribution >= 4 is 27.4 Å². The van der Waals surface area contributed by atoms with Crippen LogP contribution in [0.5, 0.6) is 0 Å². The molecule has 0 saturated carbocycles. The highest BCUT2D eigenvalue weighted by Gasteiger charge is 2.04. The Hall–Kier alpha value is -1.80. The molecule has 1 aromatic rings. The summed E-state index contributed by atoms with van der Waals surface area (Å²) in [6.07, 6.45) is 1.79. The summed E-state index contributed by atoms with van der Waals surface area (Å²) in [7, 11) is -1.74. The average Bonchev–Trinajstić information content (AvgIpc) is 2.33. The molecule has 0 aliphatic carbocycles. The highest BCUT2D eigenvalue weighted by atomic mass is 32.2. The van der Waals surface area contributed by atoms with Crippen molar-refractivity contribution in [1.82, 2.24) is 5.32 Å². The lowest BCUT2D eigenvalue weighted by Gasteiger charge is -2.09. The van der Waals surface area contributed by atoms with Crippen molar-refractivity contribution in [1.29, 1.82) is 0 Å². The van der Waals surface area contributed by atoms with Crippen LogP contribution in [0.2, 0.25) is 0 Å². The van der Waals surface area contributed by atoms with Gasteiger partial charge in [-0.25, -0.2) is 13.2 Å². The summed E-state index contributed by atoms with van der Waals surface area (Å²) in [5.74, 6) is 0. The van der Waals surface area contributed by atoms with E-state index in [9.17, 15) is 13.2 Å². The fourth-order valence-corrected chi connectivity index (χ4v) is 2.02. The van der Waals surface area contributed by atoms with E-state index in [1.165, 1.54) is 6.07 Å². The first-order valence-electron chi connectivity index (χ1n) is 6.02. The molecule has 0 radical (unpaired) electrons. The Labute approximate surface area is 118 Å². The van der Waals surface area contributed by atoms with Crippen LogP contribution in [0.4, 0.5) is 16.2 Å². The Morgan fingerprint density at radius 1 is 1.30 bits per heavy atom. The molecule has 0 fully saturated rings. The Kier molecular flexibility index (Phi) is 6.26. The zero-order valence-electron chi connectivity index (χ0n) is 11.5. The SMILES string of the molecule is COCCCNC(=O)Nc1cccc(NS(C)(=O)=O)c1. The Morgan fingerprint density at radius 3 is 2.65 bits per heavy atom. The standard InChI is InChI=1S/C12H19N3O4S/c1-19-8-4-7-13-12(16)14-10-5-3-6-11(9-10)15-20(2,17)18/h3,5-6,9,15H,4,7-8H2,1-2H3,(H2,13,14,16). The van der Waals surface area contributed by atoms with Crippen LogP contribution in [-0.4, -0.2) is 41.0 Å². The van der Waals surface area contributed by atoms with Gasteiger partial charge in [-0.3, -0.25) is 4.72 Å². The molecule has 0 aromatic heterocycles. The van der Waals surface area contributed by atoms with E-state index in [1.807, 2.05) is 0 Å². The molecule has 8 heteroatoms. The number of methoxy groups -OCH3 is 1. The summed E-state index contributed by atoms with van der Waals surface area (Å²) in [5.41, 5.74) is 0.896. The molecule has 1 aromatic carbocycles. The third-order valence-corrected chi connectivity index (χ3v) is 2.84. The highest BCUT2D eigenvalue weighted by Crippen LogP contribution is 2.15. The van der Waals surface area contributed by atoms with E-state index in [0.29, 0.717) is 24.5 Å². The molecule has 0 bridgehead atoms. The molecular weight excluding hydrogens is 282 g/mol. The lowest BCUT2D eigenvalue weighted by Crippen LogP contribution is -2.30. The predicted octanol–water partition coefficient (Wildman–Crippen LogP) is 1.22. The van der Waals surface area contributed by atoms with Crippen molar-refractivity contribution < 1.29 is 17.9 Å². The molecule has 1 rings (SSSR count). The molecule has 0 unspecified atom stereocenters. The van der Waals surface area contributed by atoms with Crippen molar-refractivity contribution in [2.24, 2.45) is 0 Å². The van der Waals surface area contributed by atoms with Gasteiger partial charge in [-0.05, 0) is 24.6 Å². The van der Waals surface area contributed by atoms with Crippen LogP contribution < -0.4 is 15.4 Å². The zero-order chi connectivity index (χ0) is 15.0. The van der Waals surface area contributed by atoms with E-state index in [1.54, 1.807) is 25.3 Å². The van der Waals surface area contributed by atoms with Gasteiger partial charge in [0.2, 0.25) is 10.0 Å². The van der Waals surface area contributed by atoms with Gasteiger partial charge in [0.15, 0.2) is 0 Å². The normalized spacial score (nSPS) is 10.9. The summed E-state index contributed by atoms with van der Waals surface area (Å²) >= 11 is 0. The number of carbonyl (C=O) groups is 1. The second-order valence-electron chi connectivity index (χ2n) is 4.18. The predicted molar refractivity (Wildman–Crippen MR) is 78.4 cm³/mol. The fraction of sp³-hybridized carbons (Fsp3) is 0.417. The number of anilines is 2. The van der Waals surface area contributed by atoms with E-state index in [-0.39, 0.29) is 6.03 Å². The number of ether oxygens (including phenoxy) is 1. The van der Waals surface area contributed by atoms with Crippen LogP contribution in [0.25, 0.3) is 0 Å². The van der Waals surface area contributed by atoms with Gasteiger partial charge in [0, 0.05) is 25.9 Å². The Morgan fingerprint density at radius 2 is 2.00 bits per heavy atom. The smallest absolute Gasteiger partial charge is 0.319 e. The maximum Gasteiger partial charge on any atom is 0.319 e. The molecule has 0 aliphatic rings. The van der Waals surface area contributed by atoms with Crippen LogP contribution in [0, 0.1) is 0 Å². The minimum atomic E-state index is -3.34. The number of benzene rings is 1. The van der Waals surface area contributed by atoms with Gasteiger partial charge in [-0.1, -0.05) is 6.07 Å². The molecule has 20 heavy (non-hydrogen) atoms. The van der Waals surface area contributed by atoms with E-state index in [2.05, 4.69) is 15.4 Å². The quantitative estimate of drug-likeness (QED) is 0.660. The number of sulfonamides is 1. The minimum Gasteiger partial charge on any atom is -0.385 e. The number of nitrogens with one attached hydrogen (secondary N) is 3. The molecule has 112 valence electrons. The maximum atomic E-state index is 11.6. The zero-order valence-corrected chi connectivity index (χ0v) is 12.3. The number of amides is 2. The lowest BCUT2D eigenvalue weighted by atomic mass is 10.3. The largest absolute Gasteiger partial charge is 0.385 e. The molecule has 0 heterocycles. The van der Waals surface area contributed by atoms with E-state index in [0.717, 1.165) is 12.7 Å². The van der Waals surface area contributed by atoms with Gasteiger partial charge in [0.05, 0.1) is 11.9 Å². The number of urea groups is 1. The van der Waals surface area contributed by atoms with Gasteiger partial charge < -0.3 is 15.4 Å². The molecule has 0 aliphatic heterocycles. The van der Waals surface area contributed by atoms with Gasteiger partial charge in [0.25, 0.3) is 0 Å². The summed E-state index contributed by atoms with van der Waals surface area (Å²) in [6.45, 7) is 1.08. The highest BCUT2D eigenvalue weighted by molar-refractivity contribution is 7.92. The fourth-order valence-electron chi connectivity index (χ4n) is 1.47. The summed E-state index contributed by atoms with van der Waals surface area (Å²) in [4.78, 5) is 11.6. The van der Waals surface area contributed by atoms with Crippen LogP contribution in [0.3, 0.4) is 0 Å². The van der Waals surface area contributed by atoms with Crippen molar-refractivity contribution in [3.63, 3.8) is 0 Å². The van der Waals surface area contributed by atoms with Crippen molar-refractivity contribution in [2.45, 2.75) is 6.42 Å². The van der Waals surface area contributed by atoms with Gasteiger partial charge >= 0.3 is 6.03 Å². The van der Waals surface area contributed by atoms with E-state index in [4.69, 9.17) is 4.74 Å². The average molecular weight is 301 g/mol. The maximum absolute atomic E-state index is 11.6. The first-order valence-corrected chi connectivity index (χ1v) is 7.91. The van der Waals surface area contributed by atoms with Crippen molar-refractivity contribution in [3.05, 3.63) is 24.3 Å².